The quantitative estimate of drug-likeness (QED) is 0.0259. The summed E-state index contributed by atoms with van der Waals surface area (Å²) in [6, 6.07) is 27.7. The summed E-state index contributed by atoms with van der Waals surface area (Å²) < 4.78 is 14.4. The van der Waals surface area contributed by atoms with Crippen molar-refractivity contribution >= 4 is 47.2 Å². The highest BCUT2D eigenvalue weighted by Gasteiger charge is 2.15. The van der Waals surface area contributed by atoms with Crippen LogP contribution in [0.25, 0.3) is 0 Å². The van der Waals surface area contributed by atoms with Crippen molar-refractivity contribution < 1.29 is 28.2 Å². The Hall–Kier alpha value is -7.70. The molecule has 3 aromatic carbocycles. The molecule has 0 spiro atoms. The maximum Gasteiger partial charge on any atom is 0.388 e. The maximum atomic E-state index is 12.3. The SMILES string of the molecule is NCC[N+](Cc1ccc(C[N+](CCN)=C(N)N=C(N)Nc2ccc(OC(=O)c3cccnc3)cc2)cc1)=C(N)N=C(N)Nc1ccc(OC(=O)c2cccnc2)cc1. The van der Waals surface area contributed by atoms with Crippen LogP contribution in [0, 0.1) is 0 Å². The van der Waals surface area contributed by atoms with Gasteiger partial charge in [0.2, 0.25) is 0 Å². The summed E-state index contributed by atoms with van der Waals surface area (Å²) in [5.41, 5.74) is 40.7. The predicted octanol–water partition coefficient (Wildman–Crippen LogP) is 1.34. The first-order chi connectivity index (χ1) is 28.1. The van der Waals surface area contributed by atoms with Gasteiger partial charge in [0.1, 0.15) is 11.5 Å². The van der Waals surface area contributed by atoms with Crippen LogP contribution in [0.4, 0.5) is 11.4 Å². The number of hydrogen-bond acceptors (Lipinski definition) is 8. The topological polar surface area (TPSA) is 289 Å². The van der Waals surface area contributed by atoms with Gasteiger partial charge in [-0.25, -0.2) is 9.59 Å². The number of nitrogens with one attached hydrogen (secondary N) is 2. The fraction of sp³-hybridized carbons (Fsp3) is 0.150. The molecule has 0 aliphatic carbocycles. The van der Waals surface area contributed by atoms with Crippen molar-refractivity contribution in [2.24, 2.45) is 44.4 Å². The number of benzene rings is 3. The molecule has 0 aliphatic heterocycles. The summed E-state index contributed by atoms with van der Waals surface area (Å²) in [7, 11) is 0. The van der Waals surface area contributed by atoms with Gasteiger partial charge in [-0.3, -0.25) is 30.6 Å². The zero-order chi connectivity index (χ0) is 41.3. The van der Waals surface area contributed by atoms with Gasteiger partial charge in [0, 0.05) is 49.3 Å². The van der Waals surface area contributed by atoms with E-state index >= 15 is 0 Å². The minimum absolute atomic E-state index is 0.0557. The van der Waals surface area contributed by atoms with Crippen LogP contribution in [-0.2, 0) is 13.1 Å². The summed E-state index contributed by atoms with van der Waals surface area (Å²) in [5, 5.41) is 5.96. The molecule has 5 aromatic rings. The van der Waals surface area contributed by atoms with E-state index in [0.717, 1.165) is 11.1 Å². The third-order valence-electron chi connectivity index (χ3n) is 8.15. The number of pyridine rings is 2. The van der Waals surface area contributed by atoms with E-state index in [2.05, 4.69) is 30.6 Å². The summed E-state index contributed by atoms with van der Waals surface area (Å²) in [5.74, 6) is 0.116. The Morgan fingerprint density at radius 1 is 0.569 bits per heavy atom. The molecule has 58 heavy (non-hydrogen) atoms. The summed E-state index contributed by atoms with van der Waals surface area (Å²) in [6.07, 6.45) is 6.01. The number of carbonyl (C=O) groups excluding carboxylic acids is 2. The molecule has 0 atom stereocenters. The lowest BCUT2D eigenvalue weighted by Gasteiger charge is -2.11. The number of carbonyl (C=O) groups is 2. The fourth-order valence-corrected chi connectivity index (χ4v) is 5.30. The lowest BCUT2D eigenvalue weighted by atomic mass is 10.1. The average Bonchev–Trinajstić information content (AvgIpc) is 3.23. The first kappa shape index (κ1) is 41.5. The Morgan fingerprint density at radius 2 is 0.948 bits per heavy atom. The van der Waals surface area contributed by atoms with Crippen molar-refractivity contribution in [3.05, 3.63) is 144 Å². The average molecular weight is 787 g/mol. The highest BCUT2D eigenvalue weighted by Crippen LogP contribution is 2.18. The van der Waals surface area contributed by atoms with E-state index in [9.17, 15) is 9.59 Å². The molecule has 0 radical (unpaired) electrons. The Balaban J connectivity index is 1.17. The zero-order valence-electron chi connectivity index (χ0n) is 31.6. The number of rotatable bonds is 14. The lowest BCUT2D eigenvalue weighted by molar-refractivity contribution is -0.543. The number of ether oxygens (including phenoxy) is 2. The monoisotopic (exact) mass is 786 g/mol. The second-order valence-corrected chi connectivity index (χ2v) is 12.5. The molecule has 0 bridgehead atoms. The van der Waals surface area contributed by atoms with E-state index < -0.39 is 11.9 Å². The number of esters is 2. The third-order valence-corrected chi connectivity index (χ3v) is 8.15. The molecule has 2 aromatic heterocycles. The van der Waals surface area contributed by atoms with Crippen LogP contribution in [0.3, 0.4) is 0 Å². The number of anilines is 2. The summed E-state index contributed by atoms with van der Waals surface area (Å²) in [6.45, 7) is 2.34. The second-order valence-electron chi connectivity index (χ2n) is 12.5. The van der Waals surface area contributed by atoms with Gasteiger partial charge >= 0.3 is 23.9 Å². The number of guanidine groups is 4. The molecule has 0 saturated heterocycles. The first-order valence-corrected chi connectivity index (χ1v) is 18.0. The smallest absolute Gasteiger partial charge is 0.388 e. The van der Waals surface area contributed by atoms with Crippen LogP contribution in [0.2, 0.25) is 0 Å². The molecule has 2 heterocycles. The third kappa shape index (κ3) is 12.7. The van der Waals surface area contributed by atoms with Gasteiger partial charge in [-0.05, 0) is 93.9 Å². The Morgan fingerprint density at radius 3 is 1.28 bits per heavy atom. The lowest BCUT2D eigenvalue weighted by Crippen LogP contribution is -2.34. The predicted molar refractivity (Wildman–Crippen MR) is 222 cm³/mol. The molecule has 0 saturated carbocycles. The van der Waals surface area contributed by atoms with Crippen LogP contribution < -0.4 is 54.5 Å². The molecular weight excluding hydrogens is 741 g/mol. The Kier molecular flexibility index (Phi) is 14.9. The number of nitrogens with zero attached hydrogens (tertiary/aromatic N) is 6. The second kappa shape index (κ2) is 20.8. The van der Waals surface area contributed by atoms with Crippen LogP contribution >= 0.6 is 0 Å². The van der Waals surface area contributed by atoms with Gasteiger partial charge in [-0.15, -0.1) is 0 Å². The minimum Gasteiger partial charge on any atom is -0.423 e. The van der Waals surface area contributed by atoms with Crippen molar-refractivity contribution in [1.82, 2.24) is 9.97 Å². The Labute approximate surface area is 334 Å². The zero-order valence-corrected chi connectivity index (χ0v) is 31.6. The van der Waals surface area contributed by atoms with E-state index in [1.54, 1.807) is 85.2 Å². The van der Waals surface area contributed by atoms with Crippen LogP contribution in [0.5, 0.6) is 11.5 Å². The van der Waals surface area contributed by atoms with Gasteiger partial charge in [0.15, 0.2) is 0 Å². The van der Waals surface area contributed by atoms with Gasteiger partial charge in [0.05, 0.1) is 37.3 Å². The van der Waals surface area contributed by atoms with Gasteiger partial charge in [0.25, 0.3) is 11.9 Å². The molecule has 14 N–H and O–H groups in total. The van der Waals surface area contributed by atoms with E-state index in [0.29, 0.717) is 73.3 Å². The van der Waals surface area contributed by atoms with Crippen LogP contribution in [-0.4, -0.2) is 81.1 Å². The fourth-order valence-electron chi connectivity index (χ4n) is 5.30. The molecule has 0 unspecified atom stereocenters. The van der Waals surface area contributed by atoms with Crippen molar-refractivity contribution in [1.29, 1.82) is 0 Å². The molecule has 0 amide bonds. The number of nitrogens with two attached hydrogens (primary N) is 6. The molecule has 18 heteroatoms. The largest absolute Gasteiger partial charge is 0.423 e. The van der Waals surface area contributed by atoms with E-state index in [1.165, 1.54) is 12.4 Å². The van der Waals surface area contributed by atoms with Crippen LogP contribution in [0.15, 0.2) is 132 Å². The molecule has 5 rings (SSSR count). The number of aromatic nitrogens is 2. The van der Waals surface area contributed by atoms with Crippen molar-refractivity contribution in [3.63, 3.8) is 0 Å². The number of hydrogen-bond donors (Lipinski definition) is 8. The summed E-state index contributed by atoms with van der Waals surface area (Å²) in [4.78, 5) is 41.2. The Bertz CT molecular complexity index is 2100. The van der Waals surface area contributed by atoms with E-state index in [1.807, 2.05) is 33.4 Å². The standard InChI is InChI=1S/C40H44N14O4/c41-17-21-53(39(45)51-37(43)49-31-9-13-33(14-10-31)57-35(55)29-3-1-19-47-23-29)25-27-5-7-28(8-6-27)26-54(22-18-42)40(46)52-38(44)50-32-11-15-34(16-12-32)58-36(56)30-4-2-20-48-24-30/h1-16,19-20,23-24H,17-18,21-22,25-26,41-42H2,(H8,43,44,45,46,49,50,51,52)/p+2. The molecule has 18 nitrogen and oxygen atoms in total. The molecule has 0 fully saturated rings. The molecule has 298 valence electrons. The number of aliphatic imine (C=N–C) groups is 2. The first-order valence-electron chi connectivity index (χ1n) is 18.0. The van der Waals surface area contributed by atoms with Crippen molar-refractivity contribution in [3.8, 4) is 11.5 Å². The van der Waals surface area contributed by atoms with Crippen molar-refractivity contribution in [2.75, 3.05) is 36.8 Å². The normalized spacial score (nSPS) is 12.5. The van der Waals surface area contributed by atoms with Gasteiger partial charge in [-0.2, -0.15) is 0 Å². The molecular formula is C40H46N14O4+2. The molecule has 0 aliphatic rings. The van der Waals surface area contributed by atoms with Gasteiger partial charge in [-0.1, -0.05) is 24.3 Å². The van der Waals surface area contributed by atoms with E-state index in [4.69, 9.17) is 43.9 Å². The minimum atomic E-state index is -0.519. The van der Waals surface area contributed by atoms with Gasteiger partial charge < -0.3 is 43.0 Å². The van der Waals surface area contributed by atoms with E-state index in [-0.39, 0.29) is 23.8 Å². The van der Waals surface area contributed by atoms with Crippen LogP contribution in [0.1, 0.15) is 31.8 Å². The maximum absolute atomic E-state index is 12.3. The highest BCUT2D eigenvalue weighted by molar-refractivity contribution is 6.00. The van der Waals surface area contributed by atoms with Crippen molar-refractivity contribution in [2.45, 2.75) is 13.1 Å². The summed E-state index contributed by atoms with van der Waals surface area (Å²) >= 11 is 0. The highest BCUT2D eigenvalue weighted by atomic mass is 16.5.